The first-order valence-corrected chi connectivity index (χ1v) is 10.2. The molecular formula is C22H29N3O3. The second-order valence-electron chi connectivity index (χ2n) is 8.47. The fourth-order valence-corrected chi connectivity index (χ4v) is 5.74. The number of amides is 1. The molecule has 1 amide bonds. The molecule has 0 aromatic carbocycles. The quantitative estimate of drug-likeness (QED) is 0.746. The van der Waals surface area contributed by atoms with E-state index in [9.17, 15) is 9.59 Å². The maximum atomic E-state index is 13.6. The average molecular weight is 383 g/mol. The van der Waals surface area contributed by atoms with Crippen LogP contribution in [0.2, 0.25) is 0 Å². The van der Waals surface area contributed by atoms with Crippen molar-refractivity contribution in [3.8, 4) is 0 Å². The molecule has 2 fully saturated rings. The zero-order valence-electron chi connectivity index (χ0n) is 16.7. The highest BCUT2D eigenvalue weighted by Crippen LogP contribution is 2.54. The number of ether oxygens (including phenoxy) is 1. The Balaban J connectivity index is 1.54. The molecule has 1 aromatic rings. The molecule has 4 rings (SSSR count). The van der Waals surface area contributed by atoms with Crippen molar-refractivity contribution in [2.45, 2.75) is 44.6 Å². The maximum absolute atomic E-state index is 13.6. The third kappa shape index (κ3) is 2.81. The minimum absolute atomic E-state index is 0.0229. The number of imidazole rings is 1. The van der Waals surface area contributed by atoms with Gasteiger partial charge in [-0.1, -0.05) is 31.7 Å². The van der Waals surface area contributed by atoms with E-state index < -0.39 is 0 Å². The van der Waals surface area contributed by atoms with E-state index in [0.717, 1.165) is 25.7 Å². The van der Waals surface area contributed by atoms with Crippen LogP contribution in [0.25, 0.3) is 0 Å². The van der Waals surface area contributed by atoms with Gasteiger partial charge >= 0.3 is 6.09 Å². The fourth-order valence-electron chi connectivity index (χ4n) is 5.74. The Hall–Kier alpha value is -2.37. The highest BCUT2D eigenvalue weighted by Gasteiger charge is 2.54. The third-order valence-electron chi connectivity index (χ3n) is 7.28. The van der Waals surface area contributed by atoms with Crippen LogP contribution in [-0.4, -0.2) is 46.5 Å². The monoisotopic (exact) mass is 383 g/mol. The number of allylic oxidation sites excluding steroid dienone is 3. The van der Waals surface area contributed by atoms with E-state index in [-0.39, 0.29) is 29.4 Å². The van der Waals surface area contributed by atoms with Gasteiger partial charge in [-0.3, -0.25) is 4.79 Å². The van der Waals surface area contributed by atoms with Gasteiger partial charge in [0.25, 0.3) is 0 Å². The molecule has 1 spiro atoms. The Morgan fingerprint density at radius 3 is 2.79 bits per heavy atom. The van der Waals surface area contributed by atoms with Crippen molar-refractivity contribution in [1.82, 2.24) is 14.5 Å². The van der Waals surface area contributed by atoms with Crippen LogP contribution in [0, 0.1) is 17.3 Å². The van der Waals surface area contributed by atoms with Crippen LogP contribution in [-0.2, 0) is 9.53 Å². The van der Waals surface area contributed by atoms with Crippen LogP contribution in [0.15, 0.2) is 37.3 Å². The Labute approximate surface area is 166 Å². The molecular weight excluding hydrogens is 354 g/mol. The first kappa shape index (κ1) is 19.0. The van der Waals surface area contributed by atoms with E-state index in [2.05, 4.69) is 29.1 Å². The maximum Gasteiger partial charge on any atom is 0.409 e. The zero-order valence-corrected chi connectivity index (χ0v) is 16.7. The molecule has 28 heavy (non-hydrogen) atoms. The highest BCUT2D eigenvalue weighted by atomic mass is 16.5. The summed E-state index contributed by atoms with van der Waals surface area (Å²) >= 11 is 0. The van der Waals surface area contributed by atoms with Crippen molar-refractivity contribution in [3.05, 3.63) is 43.0 Å². The second kappa shape index (κ2) is 7.22. The summed E-state index contributed by atoms with van der Waals surface area (Å²) in [6.45, 7) is 7.23. The fraction of sp³-hybridized carbons (Fsp3) is 0.591. The number of hydrogen-bond acceptors (Lipinski definition) is 4. The van der Waals surface area contributed by atoms with Crippen LogP contribution in [0.4, 0.5) is 4.79 Å². The molecule has 6 heteroatoms. The van der Waals surface area contributed by atoms with Crippen LogP contribution in [0.1, 0.15) is 50.3 Å². The van der Waals surface area contributed by atoms with E-state index >= 15 is 0 Å². The van der Waals surface area contributed by atoms with Gasteiger partial charge in [-0.25, -0.2) is 9.78 Å². The van der Waals surface area contributed by atoms with Crippen molar-refractivity contribution in [2.24, 2.45) is 17.3 Å². The number of rotatable bonds is 3. The van der Waals surface area contributed by atoms with Gasteiger partial charge < -0.3 is 14.2 Å². The van der Waals surface area contributed by atoms with Crippen LogP contribution in [0.3, 0.4) is 0 Å². The van der Waals surface area contributed by atoms with Crippen molar-refractivity contribution >= 4 is 11.9 Å². The van der Waals surface area contributed by atoms with Gasteiger partial charge in [-0.2, -0.15) is 0 Å². The van der Waals surface area contributed by atoms with Crippen molar-refractivity contribution in [2.75, 3.05) is 20.2 Å². The number of carbonyl (C=O) groups excluding carboxylic acids is 2. The summed E-state index contributed by atoms with van der Waals surface area (Å²) in [6.07, 6.45) is 12.8. The van der Waals surface area contributed by atoms with Crippen LogP contribution in [0.5, 0.6) is 0 Å². The smallest absolute Gasteiger partial charge is 0.409 e. The Morgan fingerprint density at radius 1 is 1.36 bits per heavy atom. The lowest BCUT2D eigenvalue weighted by atomic mass is 9.73. The van der Waals surface area contributed by atoms with Crippen LogP contribution >= 0.6 is 0 Å². The molecule has 3 aliphatic rings. The molecule has 0 radical (unpaired) electrons. The average Bonchev–Trinajstić information content (AvgIpc) is 3.36. The van der Waals surface area contributed by atoms with E-state index in [4.69, 9.17) is 4.74 Å². The van der Waals surface area contributed by atoms with Gasteiger partial charge in [-0.15, -0.1) is 0 Å². The molecule has 150 valence electrons. The zero-order chi connectivity index (χ0) is 19.9. The standard InChI is InChI=1S/C22H29N3O3/c1-4-5-6-16-15(2)19(25-14-23-13-18(16)25)17-7-8-22(20(17)26)9-11-24(12-10-22)21(27)28-3/h4-6,13-17,19H,1,7-12H2,2-3H3/b6-5-/t15?,16?,17-,19+/m1/s1. The normalized spacial score (nSPS) is 31.5. The van der Waals surface area contributed by atoms with Gasteiger partial charge in [0.2, 0.25) is 0 Å². The Bertz CT molecular complexity index is 804. The number of likely N-dealkylation sites (tertiary alicyclic amines) is 1. The number of ketones is 1. The molecule has 1 saturated carbocycles. The minimum atomic E-state index is -0.291. The molecule has 4 atom stereocenters. The highest BCUT2D eigenvalue weighted by molar-refractivity contribution is 5.90. The number of Topliss-reactive ketones (excluding diaryl/α,β-unsaturated/α-hetero) is 1. The van der Waals surface area contributed by atoms with E-state index in [0.29, 0.717) is 24.8 Å². The first-order valence-electron chi connectivity index (χ1n) is 10.2. The summed E-state index contributed by atoms with van der Waals surface area (Å²) < 4.78 is 7.07. The molecule has 1 aromatic heterocycles. The third-order valence-corrected chi connectivity index (χ3v) is 7.28. The van der Waals surface area contributed by atoms with Gasteiger partial charge in [-0.05, 0) is 31.6 Å². The lowest BCUT2D eigenvalue weighted by Crippen LogP contribution is -2.46. The number of piperidine rings is 1. The Kier molecular flexibility index (Phi) is 4.89. The number of aromatic nitrogens is 2. The van der Waals surface area contributed by atoms with E-state index in [1.807, 2.05) is 18.6 Å². The molecule has 1 aliphatic carbocycles. The molecule has 2 aliphatic heterocycles. The summed E-state index contributed by atoms with van der Waals surface area (Å²) in [6, 6.07) is 0.155. The molecule has 6 nitrogen and oxygen atoms in total. The van der Waals surface area contributed by atoms with Gasteiger partial charge in [0.1, 0.15) is 5.78 Å². The molecule has 2 unspecified atom stereocenters. The SMILES string of the molecule is C=C/C=C\C1c2cncn2[C@H]([C@H]2CCC3(CCN(C(=O)OC)CC3)C2=O)C1C. The number of methoxy groups -OCH3 is 1. The molecule has 1 saturated heterocycles. The number of hydrogen-bond donors (Lipinski definition) is 0. The molecule has 0 bridgehead atoms. The summed E-state index contributed by atoms with van der Waals surface area (Å²) in [5, 5.41) is 0. The second-order valence-corrected chi connectivity index (χ2v) is 8.47. The van der Waals surface area contributed by atoms with Gasteiger partial charge in [0.15, 0.2) is 0 Å². The van der Waals surface area contributed by atoms with E-state index in [1.165, 1.54) is 12.8 Å². The summed E-state index contributed by atoms with van der Waals surface area (Å²) in [5.74, 6) is 1.01. The largest absolute Gasteiger partial charge is 0.453 e. The van der Waals surface area contributed by atoms with Crippen molar-refractivity contribution in [3.63, 3.8) is 0 Å². The number of nitrogens with zero attached hydrogens (tertiary/aromatic N) is 3. The first-order chi connectivity index (χ1) is 13.5. The van der Waals surface area contributed by atoms with Crippen LogP contribution < -0.4 is 0 Å². The predicted octanol–water partition coefficient (Wildman–Crippen LogP) is 3.73. The number of fused-ring (bicyclic) bond motifs is 1. The topological polar surface area (TPSA) is 64.4 Å². The van der Waals surface area contributed by atoms with Crippen molar-refractivity contribution < 1.29 is 14.3 Å². The lowest BCUT2D eigenvalue weighted by molar-refractivity contribution is -0.132. The van der Waals surface area contributed by atoms with Gasteiger partial charge in [0.05, 0.1) is 13.4 Å². The van der Waals surface area contributed by atoms with Gasteiger partial charge in [0, 0.05) is 48.3 Å². The summed E-state index contributed by atoms with van der Waals surface area (Å²) in [4.78, 5) is 31.5. The molecule has 0 N–H and O–H groups in total. The predicted molar refractivity (Wildman–Crippen MR) is 106 cm³/mol. The van der Waals surface area contributed by atoms with Crippen molar-refractivity contribution in [1.29, 1.82) is 0 Å². The Morgan fingerprint density at radius 2 is 2.11 bits per heavy atom. The minimum Gasteiger partial charge on any atom is -0.453 e. The van der Waals surface area contributed by atoms with E-state index in [1.54, 1.807) is 11.0 Å². The summed E-state index contributed by atoms with van der Waals surface area (Å²) in [7, 11) is 1.41. The number of carbonyl (C=O) groups is 2. The lowest BCUT2D eigenvalue weighted by Gasteiger charge is -2.38. The summed E-state index contributed by atoms with van der Waals surface area (Å²) in [5.41, 5.74) is 0.912. The molecule has 3 heterocycles.